The molecule has 94 valence electrons. The quantitative estimate of drug-likeness (QED) is 0.896. The molecule has 0 aliphatic carbocycles. The van der Waals surface area contributed by atoms with E-state index in [9.17, 15) is 0 Å². The number of pyridine rings is 1. The van der Waals surface area contributed by atoms with Crippen molar-refractivity contribution in [1.82, 2.24) is 20.4 Å². The molecule has 1 aliphatic rings. The molecule has 3 heterocycles. The van der Waals surface area contributed by atoms with E-state index in [1.807, 2.05) is 18.2 Å². The minimum atomic E-state index is -0.139. The lowest BCUT2D eigenvalue weighted by Gasteiger charge is -2.22. The lowest BCUT2D eigenvalue weighted by molar-refractivity contribution is 0.250. The van der Waals surface area contributed by atoms with Crippen LogP contribution < -0.4 is 5.32 Å². The molecule has 0 aromatic carbocycles. The number of aromatic nitrogens is 3. The summed E-state index contributed by atoms with van der Waals surface area (Å²) in [5.74, 6) is 1.25. The molecule has 1 saturated heterocycles. The van der Waals surface area contributed by atoms with E-state index >= 15 is 0 Å². The molecule has 3 rings (SSSR count). The Balaban J connectivity index is 1.94. The van der Waals surface area contributed by atoms with Crippen molar-refractivity contribution in [3.63, 3.8) is 0 Å². The van der Waals surface area contributed by atoms with Crippen LogP contribution in [0, 0.1) is 0 Å². The molecule has 0 spiro atoms. The van der Waals surface area contributed by atoms with Crippen molar-refractivity contribution in [3.05, 3.63) is 30.3 Å². The Morgan fingerprint density at radius 3 is 3.06 bits per heavy atom. The SMILES string of the molecule is CCC1(c2nc(-c3ccccn3)no2)CCCN1. The highest BCUT2D eigenvalue weighted by Crippen LogP contribution is 2.33. The van der Waals surface area contributed by atoms with Gasteiger partial charge in [0, 0.05) is 6.20 Å². The van der Waals surface area contributed by atoms with Crippen LogP contribution in [0.5, 0.6) is 0 Å². The minimum Gasteiger partial charge on any atom is -0.337 e. The molecule has 1 atom stereocenters. The predicted molar refractivity (Wildman–Crippen MR) is 66.7 cm³/mol. The van der Waals surface area contributed by atoms with Crippen molar-refractivity contribution < 1.29 is 4.52 Å². The molecule has 0 bridgehead atoms. The summed E-state index contributed by atoms with van der Waals surface area (Å²) in [4.78, 5) is 8.73. The molecular formula is C13H16N4O. The predicted octanol–water partition coefficient (Wildman–Crippen LogP) is 2.12. The Hall–Kier alpha value is -1.75. The fourth-order valence-electron chi connectivity index (χ4n) is 2.46. The van der Waals surface area contributed by atoms with E-state index in [0.717, 1.165) is 31.5 Å². The molecule has 18 heavy (non-hydrogen) atoms. The Morgan fingerprint density at radius 2 is 2.39 bits per heavy atom. The number of hydrogen-bond acceptors (Lipinski definition) is 5. The van der Waals surface area contributed by atoms with Crippen LogP contribution in [-0.4, -0.2) is 21.7 Å². The fraction of sp³-hybridized carbons (Fsp3) is 0.462. The molecule has 2 aromatic rings. The summed E-state index contributed by atoms with van der Waals surface area (Å²) in [5, 5.41) is 7.52. The summed E-state index contributed by atoms with van der Waals surface area (Å²) >= 11 is 0. The zero-order valence-electron chi connectivity index (χ0n) is 10.4. The standard InChI is InChI=1S/C13H16N4O/c1-2-13(7-5-9-15-13)12-16-11(17-18-12)10-6-3-4-8-14-10/h3-4,6,8,15H,2,5,7,9H2,1H3. The van der Waals surface area contributed by atoms with Gasteiger partial charge in [0.05, 0.1) is 5.54 Å². The van der Waals surface area contributed by atoms with Crippen LogP contribution in [0.4, 0.5) is 0 Å². The first-order valence-electron chi connectivity index (χ1n) is 6.35. The zero-order valence-corrected chi connectivity index (χ0v) is 10.4. The van der Waals surface area contributed by atoms with Crippen molar-refractivity contribution in [2.24, 2.45) is 0 Å². The van der Waals surface area contributed by atoms with Crippen molar-refractivity contribution in [2.45, 2.75) is 31.7 Å². The molecule has 1 unspecified atom stereocenters. The van der Waals surface area contributed by atoms with E-state index in [4.69, 9.17) is 4.52 Å². The van der Waals surface area contributed by atoms with Crippen LogP contribution in [0.2, 0.25) is 0 Å². The highest BCUT2D eigenvalue weighted by atomic mass is 16.5. The van der Waals surface area contributed by atoms with Crippen molar-refractivity contribution in [1.29, 1.82) is 0 Å². The highest BCUT2D eigenvalue weighted by molar-refractivity contribution is 5.47. The topological polar surface area (TPSA) is 63.8 Å². The van der Waals surface area contributed by atoms with E-state index in [-0.39, 0.29) is 5.54 Å². The molecular weight excluding hydrogens is 228 g/mol. The molecule has 1 aliphatic heterocycles. The Morgan fingerprint density at radius 1 is 1.44 bits per heavy atom. The van der Waals surface area contributed by atoms with Crippen LogP contribution in [0.1, 0.15) is 32.1 Å². The Bertz CT molecular complexity index is 517. The van der Waals surface area contributed by atoms with Gasteiger partial charge in [-0.25, -0.2) is 0 Å². The third-order valence-corrected chi connectivity index (χ3v) is 3.58. The first kappa shape index (κ1) is 11.3. The fourth-order valence-corrected chi connectivity index (χ4v) is 2.46. The number of nitrogens with zero attached hydrogens (tertiary/aromatic N) is 3. The molecule has 0 amide bonds. The maximum Gasteiger partial charge on any atom is 0.247 e. The molecule has 5 nitrogen and oxygen atoms in total. The van der Waals surface area contributed by atoms with E-state index in [1.54, 1.807) is 6.20 Å². The van der Waals surface area contributed by atoms with Gasteiger partial charge in [0.1, 0.15) is 5.69 Å². The third kappa shape index (κ3) is 1.80. The van der Waals surface area contributed by atoms with E-state index < -0.39 is 0 Å². The van der Waals surface area contributed by atoms with Crippen molar-refractivity contribution >= 4 is 0 Å². The first-order valence-corrected chi connectivity index (χ1v) is 6.35. The zero-order chi connectivity index (χ0) is 12.4. The summed E-state index contributed by atoms with van der Waals surface area (Å²) in [6.45, 7) is 3.15. The molecule has 0 saturated carbocycles. The highest BCUT2D eigenvalue weighted by Gasteiger charge is 2.38. The average Bonchev–Trinajstić information content (AvgIpc) is 3.09. The van der Waals surface area contributed by atoms with Gasteiger partial charge in [-0.3, -0.25) is 4.98 Å². The number of nitrogens with one attached hydrogen (secondary N) is 1. The monoisotopic (exact) mass is 244 g/mol. The molecule has 2 aromatic heterocycles. The van der Waals surface area contributed by atoms with Crippen LogP contribution >= 0.6 is 0 Å². The molecule has 1 fully saturated rings. The van der Waals surface area contributed by atoms with Gasteiger partial charge in [-0.05, 0) is 37.9 Å². The second-order valence-corrected chi connectivity index (χ2v) is 4.60. The van der Waals surface area contributed by atoms with Crippen LogP contribution in [0.15, 0.2) is 28.9 Å². The van der Waals surface area contributed by atoms with Gasteiger partial charge >= 0.3 is 0 Å². The van der Waals surface area contributed by atoms with Crippen molar-refractivity contribution in [3.8, 4) is 11.5 Å². The van der Waals surface area contributed by atoms with Crippen LogP contribution in [-0.2, 0) is 5.54 Å². The summed E-state index contributed by atoms with van der Waals surface area (Å²) in [6, 6.07) is 5.67. The van der Waals surface area contributed by atoms with Gasteiger partial charge in [0.15, 0.2) is 0 Å². The Kier molecular flexibility index (Phi) is 2.83. The lowest BCUT2D eigenvalue weighted by Crippen LogP contribution is -2.36. The van der Waals surface area contributed by atoms with Gasteiger partial charge < -0.3 is 9.84 Å². The lowest BCUT2D eigenvalue weighted by atomic mass is 9.94. The molecule has 5 heteroatoms. The summed E-state index contributed by atoms with van der Waals surface area (Å²) in [6.07, 6.45) is 4.88. The summed E-state index contributed by atoms with van der Waals surface area (Å²) < 4.78 is 5.43. The average molecular weight is 244 g/mol. The summed E-state index contributed by atoms with van der Waals surface area (Å²) in [7, 11) is 0. The van der Waals surface area contributed by atoms with E-state index in [1.165, 1.54) is 0 Å². The largest absolute Gasteiger partial charge is 0.337 e. The van der Waals surface area contributed by atoms with Gasteiger partial charge in [0.25, 0.3) is 0 Å². The smallest absolute Gasteiger partial charge is 0.247 e. The van der Waals surface area contributed by atoms with Crippen molar-refractivity contribution in [2.75, 3.05) is 6.54 Å². The third-order valence-electron chi connectivity index (χ3n) is 3.58. The number of hydrogen-bond donors (Lipinski definition) is 1. The number of rotatable bonds is 3. The normalized spacial score (nSPS) is 23.4. The molecule has 0 radical (unpaired) electrons. The second-order valence-electron chi connectivity index (χ2n) is 4.60. The van der Waals surface area contributed by atoms with Gasteiger partial charge in [0.2, 0.25) is 11.7 Å². The summed E-state index contributed by atoms with van der Waals surface area (Å²) in [5.41, 5.74) is 0.608. The van der Waals surface area contributed by atoms with E-state index in [2.05, 4.69) is 27.4 Å². The minimum absolute atomic E-state index is 0.139. The molecule has 1 N–H and O–H groups in total. The maximum absolute atomic E-state index is 5.43. The van der Waals surface area contributed by atoms with Crippen LogP contribution in [0.3, 0.4) is 0 Å². The van der Waals surface area contributed by atoms with E-state index in [0.29, 0.717) is 11.7 Å². The van der Waals surface area contributed by atoms with Gasteiger partial charge in [-0.2, -0.15) is 4.98 Å². The maximum atomic E-state index is 5.43. The van der Waals surface area contributed by atoms with Gasteiger partial charge in [-0.1, -0.05) is 18.1 Å². The van der Waals surface area contributed by atoms with Gasteiger partial charge in [-0.15, -0.1) is 0 Å². The second kappa shape index (κ2) is 4.49. The van der Waals surface area contributed by atoms with Crippen LogP contribution in [0.25, 0.3) is 11.5 Å². The first-order chi connectivity index (χ1) is 8.84. The Labute approximate surface area is 106 Å².